The fraction of sp³-hybridized carbons (Fsp3) is 0.222. The quantitative estimate of drug-likeness (QED) is 0.766. The summed E-state index contributed by atoms with van der Waals surface area (Å²) in [6, 6.07) is 15.9. The van der Waals surface area contributed by atoms with Gasteiger partial charge in [0.2, 0.25) is 5.91 Å². The Hall–Kier alpha value is -2.82. The highest BCUT2D eigenvalue weighted by molar-refractivity contribution is 5.91. The molecule has 5 nitrogen and oxygen atoms in total. The molecule has 0 saturated heterocycles. The number of rotatable bonds is 6. The molecule has 1 atom stereocenters. The summed E-state index contributed by atoms with van der Waals surface area (Å²) < 4.78 is 0. The Labute approximate surface area is 135 Å². The van der Waals surface area contributed by atoms with Gasteiger partial charge in [-0.1, -0.05) is 49.4 Å². The van der Waals surface area contributed by atoms with E-state index in [0.717, 1.165) is 17.7 Å². The van der Waals surface area contributed by atoms with Crippen LogP contribution in [-0.4, -0.2) is 11.9 Å². The summed E-state index contributed by atoms with van der Waals surface area (Å²) in [4.78, 5) is 23.4. The Kier molecular flexibility index (Phi) is 5.74. The molecule has 0 saturated carbocycles. The summed E-state index contributed by atoms with van der Waals surface area (Å²) in [5.74, 6) is -0.183. The second-order valence-electron chi connectivity index (χ2n) is 5.27. The summed E-state index contributed by atoms with van der Waals surface area (Å²) in [5, 5.41) is 5.44. The first-order valence-corrected chi connectivity index (χ1v) is 7.58. The fourth-order valence-electron chi connectivity index (χ4n) is 2.33. The van der Waals surface area contributed by atoms with E-state index in [0.29, 0.717) is 0 Å². The molecular weight excluding hydrogens is 290 g/mol. The van der Waals surface area contributed by atoms with Gasteiger partial charge < -0.3 is 16.4 Å². The van der Waals surface area contributed by atoms with Gasteiger partial charge in [-0.2, -0.15) is 0 Å². The third kappa shape index (κ3) is 5.14. The fourth-order valence-corrected chi connectivity index (χ4v) is 2.33. The number of nitrogens with two attached hydrogens (primary N) is 1. The minimum atomic E-state index is -0.654. The molecule has 0 aliphatic heterocycles. The zero-order valence-corrected chi connectivity index (χ0v) is 13.1. The topological polar surface area (TPSA) is 84.2 Å². The molecule has 3 amide bonds. The van der Waals surface area contributed by atoms with Crippen LogP contribution in [-0.2, 0) is 11.2 Å². The van der Waals surface area contributed by atoms with Crippen LogP contribution in [0.25, 0.3) is 0 Å². The molecule has 5 heteroatoms. The molecule has 0 spiro atoms. The van der Waals surface area contributed by atoms with Crippen molar-refractivity contribution in [2.24, 2.45) is 5.73 Å². The van der Waals surface area contributed by atoms with E-state index in [1.54, 1.807) is 0 Å². The largest absolute Gasteiger partial charge is 0.352 e. The van der Waals surface area contributed by atoms with Crippen molar-refractivity contribution < 1.29 is 9.59 Å². The van der Waals surface area contributed by atoms with E-state index in [2.05, 4.69) is 17.6 Å². The van der Waals surface area contributed by atoms with Crippen LogP contribution in [0, 0.1) is 0 Å². The number of aryl methyl sites for hydroxylation is 1. The van der Waals surface area contributed by atoms with Crippen LogP contribution < -0.4 is 16.4 Å². The van der Waals surface area contributed by atoms with Gasteiger partial charge in [0.15, 0.2) is 0 Å². The summed E-state index contributed by atoms with van der Waals surface area (Å²) in [6.45, 7) is 2.08. The molecule has 0 aromatic heterocycles. The predicted molar refractivity (Wildman–Crippen MR) is 91.0 cm³/mol. The van der Waals surface area contributed by atoms with Crippen LogP contribution in [0.15, 0.2) is 54.6 Å². The Balaban J connectivity index is 2.03. The lowest BCUT2D eigenvalue weighted by Crippen LogP contribution is -2.35. The molecule has 120 valence electrons. The number of hydrogen-bond donors (Lipinski definition) is 3. The van der Waals surface area contributed by atoms with E-state index in [-0.39, 0.29) is 12.3 Å². The molecule has 0 heterocycles. The number of primary amides is 1. The van der Waals surface area contributed by atoms with Gasteiger partial charge in [0.05, 0.1) is 12.5 Å². The molecular formula is C18H21N3O2. The van der Waals surface area contributed by atoms with Crippen LogP contribution in [0.5, 0.6) is 0 Å². The summed E-state index contributed by atoms with van der Waals surface area (Å²) >= 11 is 0. The molecule has 4 N–H and O–H groups in total. The van der Waals surface area contributed by atoms with Crippen LogP contribution >= 0.6 is 0 Å². The van der Waals surface area contributed by atoms with Gasteiger partial charge in [-0.3, -0.25) is 4.79 Å². The maximum atomic E-state index is 12.2. The van der Waals surface area contributed by atoms with Crippen LogP contribution in [0.3, 0.4) is 0 Å². The molecule has 23 heavy (non-hydrogen) atoms. The molecule has 2 rings (SSSR count). The van der Waals surface area contributed by atoms with Gasteiger partial charge in [-0.05, 0) is 29.7 Å². The SMILES string of the molecule is CCc1ccc(NC(=O)CC(NC(N)=O)c2ccccc2)cc1. The molecule has 2 aromatic rings. The average Bonchev–Trinajstić information content (AvgIpc) is 2.55. The Morgan fingerprint density at radius 2 is 1.70 bits per heavy atom. The van der Waals surface area contributed by atoms with Crippen LogP contribution in [0.4, 0.5) is 10.5 Å². The highest BCUT2D eigenvalue weighted by Crippen LogP contribution is 2.18. The van der Waals surface area contributed by atoms with Crippen molar-refractivity contribution in [3.05, 3.63) is 65.7 Å². The first kappa shape index (κ1) is 16.5. The number of carbonyl (C=O) groups excluding carboxylic acids is 2. The highest BCUT2D eigenvalue weighted by Gasteiger charge is 2.17. The summed E-state index contributed by atoms with van der Waals surface area (Å²) in [5.41, 5.74) is 7.99. The van der Waals surface area contributed by atoms with Crippen molar-refractivity contribution in [2.45, 2.75) is 25.8 Å². The van der Waals surface area contributed by atoms with E-state index in [1.165, 1.54) is 5.56 Å². The standard InChI is InChI=1S/C18H21N3O2/c1-2-13-8-10-15(11-9-13)20-17(22)12-16(21-18(19)23)14-6-4-3-5-7-14/h3-11,16H,2,12H2,1H3,(H,20,22)(H3,19,21,23). The van der Waals surface area contributed by atoms with Gasteiger partial charge in [-0.15, -0.1) is 0 Å². The molecule has 2 aromatic carbocycles. The van der Waals surface area contributed by atoms with Gasteiger partial charge in [0.25, 0.3) is 0 Å². The lowest BCUT2D eigenvalue weighted by Gasteiger charge is -2.17. The van der Waals surface area contributed by atoms with Crippen molar-refractivity contribution in [1.82, 2.24) is 5.32 Å². The Morgan fingerprint density at radius 3 is 2.26 bits per heavy atom. The first-order chi connectivity index (χ1) is 11.1. The molecule has 0 aliphatic carbocycles. The average molecular weight is 311 g/mol. The van der Waals surface area contributed by atoms with Gasteiger partial charge in [0, 0.05) is 5.69 Å². The predicted octanol–water partition coefficient (Wildman–Crippen LogP) is 2.99. The number of benzene rings is 2. The minimum Gasteiger partial charge on any atom is -0.352 e. The second kappa shape index (κ2) is 7.98. The Bertz CT molecular complexity index is 654. The van der Waals surface area contributed by atoms with E-state index in [9.17, 15) is 9.59 Å². The molecule has 0 radical (unpaired) electrons. The molecule has 0 fully saturated rings. The highest BCUT2D eigenvalue weighted by atomic mass is 16.2. The van der Waals surface area contributed by atoms with Crippen molar-refractivity contribution in [2.75, 3.05) is 5.32 Å². The number of carbonyl (C=O) groups is 2. The Morgan fingerprint density at radius 1 is 1.04 bits per heavy atom. The number of nitrogens with one attached hydrogen (secondary N) is 2. The molecule has 0 bridgehead atoms. The van der Waals surface area contributed by atoms with E-state index < -0.39 is 12.1 Å². The number of hydrogen-bond acceptors (Lipinski definition) is 2. The van der Waals surface area contributed by atoms with Crippen molar-refractivity contribution >= 4 is 17.6 Å². The number of anilines is 1. The maximum Gasteiger partial charge on any atom is 0.312 e. The second-order valence-corrected chi connectivity index (χ2v) is 5.27. The maximum absolute atomic E-state index is 12.2. The monoisotopic (exact) mass is 311 g/mol. The third-order valence-electron chi connectivity index (χ3n) is 3.55. The van der Waals surface area contributed by atoms with Crippen molar-refractivity contribution in [3.63, 3.8) is 0 Å². The zero-order chi connectivity index (χ0) is 16.7. The lowest BCUT2D eigenvalue weighted by atomic mass is 10.0. The third-order valence-corrected chi connectivity index (χ3v) is 3.55. The summed E-state index contributed by atoms with van der Waals surface area (Å²) in [6.07, 6.45) is 1.06. The van der Waals surface area contributed by atoms with Crippen molar-refractivity contribution in [1.29, 1.82) is 0 Å². The van der Waals surface area contributed by atoms with Gasteiger partial charge in [-0.25, -0.2) is 4.79 Å². The minimum absolute atomic E-state index is 0.114. The van der Waals surface area contributed by atoms with E-state index >= 15 is 0 Å². The first-order valence-electron chi connectivity index (χ1n) is 7.58. The lowest BCUT2D eigenvalue weighted by molar-refractivity contribution is -0.116. The summed E-state index contributed by atoms with van der Waals surface area (Å²) in [7, 11) is 0. The van der Waals surface area contributed by atoms with Crippen LogP contribution in [0.2, 0.25) is 0 Å². The zero-order valence-electron chi connectivity index (χ0n) is 13.1. The smallest absolute Gasteiger partial charge is 0.312 e. The normalized spacial score (nSPS) is 11.5. The number of urea groups is 1. The van der Waals surface area contributed by atoms with Gasteiger partial charge >= 0.3 is 6.03 Å². The van der Waals surface area contributed by atoms with Gasteiger partial charge in [0.1, 0.15) is 0 Å². The van der Waals surface area contributed by atoms with Crippen LogP contribution in [0.1, 0.15) is 30.5 Å². The molecule has 0 aliphatic rings. The van der Waals surface area contributed by atoms with E-state index in [4.69, 9.17) is 5.73 Å². The van der Waals surface area contributed by atoms with E-state index in [1.807, 2.05) is 54.6 Å². The van der Waals surface area contributed by atoms with Crippen molar-refractivity contribution in [3.8, 4) is 0 Å². The number of amides is 3. The molecule has 1 unspecified atom stereocenters.